The fourth-order valence-corrected chi connectivity index (χ4v) is 3.85. The van der Waals surface area contributed by atoms with E-state index in [-0.39, 0.29) is 31.2 Å². The number of ketones is 1. The molecule has 0 aliphatic carbocycles. The average Bonchev–Trinajstić information content (AvgIpc) is 2.83. The topological polar surface area (TPSA) is 96.0 Å². The fourth-order valence-electron chi connectivity index (χ4n) is 3.85. The smallest absolute Gasteiger partial charge is 0.338 e. The number of carbonyl (C=O) groups is 4. The second-order valence-corrected chi connectivity index (χ2v) is 8.72. The van der Waals surface area contributed by atoms with Gasteiger partial charge in [0.15, 0.2) is 6.10 Å². The van der Waals surface area contributed by atoms with Gasteiger partial charge in [0.1, 0.15) is 11.2 Å². The third kappa shape index (κ3) is 10.2. The number of aryl methyl sites for hydroxylation is 1. The van der Waals surface area contributed by atoms with E-state index in [1.165, 1.54) is 13.8 Å². The van der Waals surface area contributed by atoms with Crippen LogP contribution in [0.5, 0.6) is 0 Å². The minimum absolute atomic E-state index is 0.00545. The van der Waals surface area contributed by atoms with E-state index >= 15 is 0 Å². The molecule has 2 atom stereocenters. The molecular weight excluding hydrogens is 460 g/mol. The molecule has 1 unspecified atom stereocenters. The van der Waals surface area contributed by atoms with Crippen molar-refractivity contribution < 1.29 is 33.4 Å². The molecule has 0 bridgehead atoms. The average molecular weight is 501 g/mol. The first-order chi connectivity index (χ1) is 17.2. The van der Waals surface area contributed by atoms with Gasteiger partial charge in [0, 0.05) is 13.3 Å². The highest BCUT2D eigenvalue weighted by atomic mass is 16.5. The van der Waals surface area contributed by atoms with Crippen molar-refractivity contribution in [2.45, 2.75) is 92.1 Å². The molecule has 0 heterocycles. The van der Waals surface area contributed by atoms with Crippen LogP contribution in [0.25, 0.3) is 0 Å². The van der Waals surface area contributed by atoms with Crippen molar-refractivity contribution in [1.82, 2.24) is 0 Å². The molecule has 0 aromatic heterocycles. The maximum atomic E-state index is 12.9. The van der Waals surface area contributed by atoms with E-state index in [4.69, 9.17) is 14.2 Å². The van der Waals surface area contributed by atoms with Crippen LogP contribution in [-0.2, 0) is 35.0 Å². The van der Waals surface area contributed by atoms with E-state index in [1.54, 1.807) is 26.0 Å². The number of ether oxygens (including phenoxy) is 3. The van der Waals surface area contributed by atoms with Crippen LogP contribution in [0.15, 0.2) is 24.3 Å². The Balaban J connectivity index is 3.00. The Labute approximate surface area is 215 Å². The minimum Gasteiger partial charge on any atom is -0.465 e. The van der Waals surface area contributed by atoms with Gasteiger partial charge in [0.2, 0.25) is 0 Å². The lowest BCUT2D eigenvalue weighted by atomic mass is 9.76. The number of carbonyl (C=O) groups excluding carboxylic acids is 4. The van der Waals surface area contributed by atoms with Gasteiger partial charge in [-0.3, -0.25) is 14.4 Å². The van der Waals surface area contributed by atoms with Crippen LogP contribution in [0, 0.1) is 17.3 Å². The lowest BCUT2D eigenvalue weighted by Crippen LogP contribution is -2.39. The van der Waals surface area contributed by atoms with Crippen LogP contribution >= 0.6 is 0 Å². The summed E-state index contributed by atoms with van der Waals surface area (Å²) in [5.41, 5.74) is 0.0565. The Morgan fingerprint density at radius 1 is 0.917 bits per heavy atom. The molecule has 198 valence electrons. The van der Waals surface area contributed by atoms with Gasteiger partial charge in [-0.2, -0.15) is 0 Å². The number of esters is 3. The third-order valence-corrected chi connectivity index (χ3v) is 5.91. The molecule has 0 saturated carbocycles. The van der Waals surface area contributed by atoms with Gasteiger partial charge in [0.25, 0.3) is 0 Å². The van der Waals surface area contributed by atoms with Crippen molar-refractivity contribution in [3.63, 3.8) is 0 Å². The molecule has 0 aliphatic heterocycles. The van der Waals surface area contributed by atoms with Crippen molar-refractivity contribution in [2.75, 3.05) is 13.2 Å². The van der Waals surface area contributed by atoms with Crippen LogP contribution < -0.4 is 0 Å². The zero-order valence-electron chi connectivity index (χ0n) is 22.3. The second-order valence-electron chi connectivity index (χ2n) is 8.72. The van der Waals surface area contributed by atoms with Crippen molar-refractivity contribution in [3.05, 3.63) is 35.4 Å². The first kappa shape index (κ1) is 30.9. The summed E-state index contributed by atoms with van der Waals surface area (Å²) in [7, 11) is 0. The van der Waals surface area contributed by atoms with Crippen LogP contribution in [0.3, 0.4) is 0 Å². The van der Waals surface area contributed by atoms with E-state index < -0.39 is 23.5 Å². The number of hydrogen-bond donors (Lipinski definition) is 0. The molecule has 7 nitrogen and oxygen atoms in total. The molecule has 0 radical (unpaired) electrons. The summed E-state index contributed by atoms with van der Waals surface area (Å²) in [6.45, 7) is 8.73. The van der Waals surface area contributed by atoms with Crippen molar-refractivity contribution >= 4 is 23.7 Å². The Morgan fingerprint density at radius 3 is 2.14 bits per heavy atom. The van der Waals surface area contributed by atoms with Gasteiger partial charge >= 0.3 is 17.9 Å². The molecule has 7 heteroatoms. The largest absolute Gasteiger partial charge is 0.465 e. The highest BCUT2D eigenvalue weighted by molar-refractivity contribution is 6.03. The molecule has 0 N–H and O–H groups in total. The SMILES string of the molecule is CCCCC[C@@H](C#CCC(CCCc1ccc(C(=O)OCC)cc1)(C(C)=O)C(=O)OCC)OC(C)=O. The predicted octanol–water partition coefficient (Wildman–Crippen LogP) is 5.23. The Bertz CT molecular complexity index is 923. The summed E-state index contributed by atoms with van der Waals surface area (Å²) in [4.78, 5) is 49.0. The Kier molecular flexibility index (Phi) is 14.2. The number of unbranched alkanes of at least 4 members (excludes halogenated alkanes) is 2. The van der Waals surface area contributed by atoms with Gasteiger partial charge in [-0.25, -0.2) is 4.79 Å². The zero-order chi connectivity index (χ0) is 27.0. The first-order valence-corrected chi connectivity index (χ1v) is 12.8. The van der Waals surface area contributed by atoms with E-state index in [0.717, 1.165) is 24.8 Å². The van der Waals surface area contributed by atoms with Gasteiger partial charge in [-0.05, 0) is 70.6 Å². The summed E-state index contributed by atoms with van der Waals surface area (Å²) in [5.74, 6) is 4.24. The monoisotopic (exact) mass is 500 g/mol. The normalized spacial score (nSPS) is 12.9. The zero-order valence-corrected chi connectivity index (χ0v) is 22.3. The molecular formula is C29H40O7. The van der Waals surface area contributed by atoms with Crippen molar-refractivity contribution in [3.8, 4) is 11.8 Å². The molecule has 1 aromatic carbocycles. The highest BCUT2D eigenvalue weighted by Gasteiger charge is 2.43. The first-order valence-electron chi connectivity index (χ1n) is 12.8. The number of benzene rings is 1. The van der Waals surface area contributed by atoms with E-state index in [2.05, 4.69) is 18.8 Å². The minimum atomic E-state index is -1.39. The molecule has 0 spiro atoms. The number of hydrogen-bond acceptors (Lipinski definition) is 7. The van der Waals surface area contributed by atoms with Crippen LogP contribution in [0.2, 0.25) is 0 Å². The molecule has 1 aromatic rings. The molecule has 0 saturated heterocycles. The third-order valence-electron chi connectivity index (χ3n) is 5.91. The molecule has 0 aliphatic rings. The van der Waals surface area contributed by atoms with E-state index in [1.807, 2.05) is 12.1 Å². The summed E-state index contributed by atoms with van der Waals surface area (Å²) in [5, 5.41) is 0. The Hall–Kier alpha value is -3.14. The van der Waals surface area contributed by atoms with Crippen molar-refractivity contribution in [2.24, 2.45) is 5.41 Å². The summed E-state index contributed by atoms with van der Waals surface area (Å²) < 4.78 is 15.6. The predicted molar refractivity (Wildman–Crippen MR) is 137 cm³/mol. The second kappa shape index (κ2) is 16.5. The van der Waals surface area contributed by atoms with E-state index in [0.29, 0.717) is 31.4 Å². The summed E-state index contributed by atoms with van der Waals surface area (Å²) >= 11 is 0. The summed E-state index contributed by atoms with van der Waals surface area (Å²) in [6, 6.07) is 7.09. The van der Waals surface area contributed by atoms with Crippen LogP contribution in [-0.4, -0.2) is 43.0 Å². The van der Waals surface area contributed by atoms with Gasteiger partial charge in [-0.15, -0.1) is 0 Å². The standard InChI is InChI=1S/C29H40O7/c1-6-9-10-14-26(36-23(5)31)15-12-21-29(22(4)30,28(33)35-8-3)20-11-13-24-16-18-25(19-17-24)27(32)34-7-2/h16-19,26H,6-11,13-14,20-21H2,1-5H3/t26-,29?/m0/s1. The summed E-state index contributed by atoms with van der Waals surface area (Å²) in [6.07, 6.45) is 4.35. The van der Waals surface area contributed by atoms with Gasteiger partial charge in [-0.1, -0.05) is 43.7 Å². The highest BCUT2D eigenvalue weighted by Crippen LogP contribution is 2.32. The van der Waals surface area contributed by atoms with Crippen LogP contribution in [0.1, 0.15) is 95.5 Å². The number of Topliss-reactive ketones (excluding diaryl/α,β-unsaturated/α-hetero) is 1. The Morgan fingerprint density at radius 2 is 1.58 bits per heavy atom. The fraction of sp³-hybridized carbons (Fsp3) is 0.586. The van der Waals surface area contributed by atoms with Gasteiger partial charge < -0.3 is 14.2 Å². The van der Waals surface area contributed by atoms with Crippen molar-refractivity contribution in [1.29, 1.82) is 0 Å². The molecule has 1 rings (SSSR count). The maximum Gasteiger partial charge on any atom is 0.338 e. The van der Waals surface area contributed by atoms with E-state index in [9.17, 15) is 19.2 Å². The molecule has 36 heavy (non-hydrogen) atoms. The maximum absolute atomic E-state index is 12.9. The van der Waals surface area contributed by atoms with Crippen LogP contribution in [0.4, 0.5) is 0 Å². The quantitative estimate of drug-likeness (QED) is 0.107. The lowest BCUT2D eigenvalue weighted by Gasteiger charge is -2.27. The number of rotatable bonds is 15. The molecule has 0 amide bonds. The lowest BCUT2D eigenvalue weighted by molar-refractivity contribution is -0.160. The molecule has 0 fully saturated rings. The van der Waals surface area contributed by atoms with Gasteiger partial charge in [0.05, 0.1) is 18.8 Å².